The standard InChI is InChI=1S/C16H15N3O3S/c1-9-4-10(2)6-12(5-9)15(21)22-8-13-18-19-14(20)7-11(3)17-16(19)23-13/h4-7H,8H2,1-3H3. The van der Waals surface area contributed by atoms with Gasteiger partial charge in [0.15, 0.2) is 5.01 Å². The number of benzene rings is 1. The summed E-state index contributed by atoms with van der Waals surface area (Å²) in [6.07, 6.45) is 0. The number of ether oxygens (including phenoxy) is 1. The third kappa shape index (κ3) is 3.29. The molecule has 0 saturated carbocycles. The second-order valence-corrected chi connectivity index (χ2v) is 6.42. The predicted molar refractivity (Wildman–Crippen MR) is 86.9 cm³/mol. The maximum Gasteiger partial charge on any atom is 0.338 e. The van der Waals surface area contributed by atoms with Gasteiger partial charge in [0, 0.05) is 11.8 Å². The van der Waals surface area contributed by atoms with Crippen molar-refractivity contribution in [2.75, 3.05) is 0 Å². The van der Waals surface area contributed by atoms with Crippen LogP contribution in [0.5, 0.6) is 0 Å². The highest BCUT2D eigenvalue weighted by Crippen LogP contribution is 2.15. The van der Waals surface area contributed by atoms with Gasteiger partial charge in [-0.25, -0.2) is 9.78 Å². The zero-order valence-corrected chi connectivity index (χ0v) is 13.8. The van der Waals surface area contributed by atoms with Gasteiger partial charge < -0.3 is 4.74 Å². The summed E-state index contributed by atoms with van der Waals surface area (Å²) in [7, 11) is 0. The minimum atomic E-state index is -0.410. The largest absolute Gasteiger partial charge is 0.455 e. The first-order chi connectivity index (χ1) is 10.9. The van der Waals surface area contributed by atoms with E-state index in [-0.39, 0.29) is 12.2 Å². The van der Waals surface area contributed by atoms with E-state index in [1.54, 1.807) is 19.1 Å². The Balaban J connectivity index is 1.79. The molecule has 0 fully saturated rings. The van der Waals surface area contributed by atoms with Gasteiger partial charge in [-0.2, -0.15) is 9.61 Å². The highest BCUT2D eigenvalue weighted by atomic mass is 32.1. The Morgan fingerprint density at radius 2 is 1.87 bits per heavy atom. The number of aromatic nitrogens is 3. The summed E-state index contributed by atoms with van der Waals surface area (Å²) < 4.78 is 6.51. The Morgan fingerprint density at radius 3 is 2.57 bits per heavy atom. The quantitative estimate of drug-likeness (QED) is 0.690. The Hall–Kier alpha value is -2.54. The number of hydrogen-bond acceptors (Lipinski definition) is 6. The van der Waals surface area contributed by atoms with Gasteiger partial charge in [-0.1, -0.05) is 28.5 Å². The molecule has 3 rings (SSSR count). The van der Waals surface area contributed by atoms with Crippen LogP contribution in [-0.2, 0) is 11.3 Å². The fourth-order valence-corrected chi connectivity index (χ4v) is 3.18. The van der Waals surface area contributed by atoms with Crippen molar-refractivity contribution < 1.29 is 9.53 Å². The van der Waals surface area contributed by atoms with Crippen LogP contribution in [-0.4, -0.2) is 20.6 Å². The van der Waals surface area contributed by atoms with E-state index in [2.05, 4.69) is 10.1 Å². The van der Waals surface area contributed by atoms with Crippen LogP contribution in [0.4, 0.5) is 0 Å². The molecular formula is C16H15N3O3S. The maximum absolute atomic E-state index is 12.1. The average molecular weight is 329 g/mol. The fraction of sp³-hybridized carbons (Fsp3) is 0.250. The Morgan fingerprint density at radius 1 is 1.17 bits per heavy atom. The second kappa shape index (κ2) is 5.92. The molecule has 6 nitrogen and oxygen atoms in total. The third-order valence-corrected chi connectivity index (χ3v) is 4.08. The van der Waals surface area contributed by atoms with Crippen molar-refractivity contribution in [1.29, 1.82) is 0 Å². The molecule has 118 valence electrons. The average Bonchev–Trinajstić information content (AvgIpc) is 2.87. The molecule has 0 N–H and O–H groups in total. The van der Waals surface area contributed by atoms with Crippen LogP contribution in [0.25, 0.3) is 4.96 Å². The fourth-order valence-electron chi connectivity index (χ4n) is 2.32. The van der Waals surface area contributed by atoms with E-state index < -0.39 is 5.97 Å². The van der Waals surface area contributed by atoms with Gasteiger partial charge in [0.25, 0.3) is 5.56 Å². The molecule has 23 heavy (non-hydrogen) atoms. The number of fused-ring (bicyclic) bond motifs is 1. The second-order valence-electron chi connectivity index (χ2n) is 5.38. The first-order valence-corrected chi connectivity index (χ1v) is 7.86. The summed E-state index contributed by atoms with van der Waals surface area (Å²) in [4.78, 5) is 28.7. The lowest BCUT2D eigenvalue weighted by atomic mass is 10.1. The summed E-state index contributed by atoms with van der Waals surface area (Å²) in [5.41, 5.74) is 2.91. The van der Waals surface area contributed by atoms with Crippen LogP contribution in [0.15, 0.2) is 29.1 Å². The van der Waals surface area contributed by atoms with Crippen LogP contribution in [0.2, 0.25) is 0 Å². The number of esters is 1. The van der Waals surface area contributed by atoms with Gasteiger partial charge in [-0.05, 0) is 32.9 Å². The van der Waals surface area contributed by atoms with E-state index in [1.165, 1.54) is 21.9 Å². The molecule has 2 aromatic heterocycles. The van der Waals surface area contributed by atoms with Crippen molar-refractivity contribution in [3.05, 3.63) is 62.0 Å². The Bertz CT molecular complexity index is 939. The van der Waals surface area contributed by atoms with Gasteiger partial charge in [0.1, 0.15) is 6.61 Å². The van der Waals surface area contributed by atoms with Gasteiger partial charge in [-0.3, -0.25) is 4.79 Å². The number of aryl methyl sites for hydroxylation is 3. The van der Waals surface area contributed by atoms with Crippen LogP contribution >= 0.6 is 11.3 Å². The summed E-state index contributed by atoms with van der Waals surface area (Å²) in [6.45, 7) is 5.62. The lowest BCUT2D eigenvalue weighted by Gasteiger charge is -2.04. The van der Waals surface area contributed by atoms with Gasteiger partial charge in [0.2, 0.25) is 4.96 Å². The lowest BCUT2D eigenvalue weighted by Crippen LogP contribution is -2.14. The summed E-state index contributed by atoms with van der Waals surface area (Å²) in [6, 6.07) is 6.97. The number of hydrogen-bond donors (Lipinski definition) is 0. The molecule has 0 aliphatic heterocycles. The smallest absolute Gasteiger partial charge is 0.338 e. The Labute approximate surface area is 136 Å². The molecule has 0 aliphatic carbocycles. The van der Waals surface area contributed by atoms with Crippen molar-refractivity contribution in [2.45, 2.75) is 27.4 Å². The van der Waals surface area contributed by atoms with Gasteiger partial charge >= 0.3 is 5.97 Å². The summed E-state index contributed by atoms with van der Waals surface area (Å²) in [5.74, 6) is -0.410. The molecule has 0 aliphatic rings. The van der Waals surface area contributed by atoms with Crippen LogP contribution < -0.4 is 5.56 Å². The van der Waals surface area contributed by atoms with Gasteiger partial charge in [0.05, 0.1) is 5.56 Å². The molecule has 0 atom stereocenters. The number of rotatable bonds is 3. The van der Waals surface area contributed by atoms with E-state index in [1.807, 2.05) is 19.9 Å². The number of carbonyl (C=O) groups excluding carboxylic acids is 1. The van der Waals surface area contributed by atoms with Crippen molar-refractivity contribution in [1.82, 2.24) is 14.6 Å². The predicted octanol–water partition coefficient (Wildman–Crippen LogP) is 2.43. The highest BCUT2D eigenvalue weighted by molar-refractivity contribution is 7.16. The van der Waals surface area contributed by atoms with Crippen molar-refractivity contribution in [2.24, 2.45) is 0 Å². The molecule has 3 aromatic rings. The van der Waals surface area contributed by atoms with Crippen molar-refractivity contribution in [3.63, 3.8) is 0 Å². The molecule has 1 aromatic carbocycles. The third-order valence-electron chi connectivity index (χ3n) is 3.20. The zero-order valence-electron chi connectivity index (χ0n) is 13.0. The molecule has 0 amide bonds. The molecule has 0 spiro atoms. The van der Waals surface area contributed by atoms with E-state index in [9.17, 15) is 9.59 Å². The van der Waals surface area contributed by atoms with Crippen molar-refractivity contribution >= 4 is 22.3 Å². The molecule has 0 bridgehead atoms. The van der Waals surface area contributed by atoms with Gasteiger partial charge in [-0.15, -0.1) is 0 Å². The lowest BCUT2D eigenvalue weighted by molar-refractivity contribution is 0.0471. The SMILES string of the molecule is Cc1cc(C)cc(C(=O)OCc2nn3c(=O)cc(C)nc3s2)c1. The van der Waals surface area contributed by atoms with Crippen LogP contribution in [0.3, 0.4) is 0 Å². The molecule has 0 saturated heterocycles. The minimum absolute atomic E-state index is 0.0122. The van der Waals surface area contributed by atoms with E-state index >= 15 is 0 Å². The van der Waals surface area contributed by atoms with E-state index in [0.717, 1.165) is 11.1 Å². The number of carbonyl (C=O) groups is 1. The molecule has 0 radical (unpaired) electrons. The topological polar surface area (TPSA) is 73.6 Å². The first kappa shape index (κ1) is 15.4. The molecule has 7 heteroatoms. The molecule has 0 unspecified atom stereocenters. The van der Waals surface area contributed by atoms with E-state index in [4.69, 9.17) is 4.74 Å². The number of nitrogens with zero attached hydrogens (tertiary/aromatic N) is 3. The van der Waals surface area contributed by atoms with Crippen LogP contribution in [0, 0.1) is 20.8 Å². The van der Waals surface area contributed by atoms with Crippen molar-refractivity contribution in [3.8, 4) is 0 Å². The summed E-state index contributed by atoms with van der Waals surface area (Å²) in [5, 5.41) is 4.66. The van der Waals surface area contributed by atoms with Crippen LogP contribution in [0.1, 0.15) is 32.2 Å². The Kier molecular flexibility index (Phi) is 3.96. The normalized spacial score (nSPS) is 10.9. The first-order valence-electron chi connectivity index (χ1n) is 7.04. The maximum atomic E-state index is 12.1. The molecule has 2 heterocycles. The highest BCUT2D eigenvalue weighted by Gasteiger charge is 2.12. The molecular weight excluding hydrogens is 314 g/mol. The monoisotopic (exact) mass is 329 g/mol. The minimum Gasteiger partial charge on any atom is -0.455 e. The van der Waals surface area contributed by atoms with E-state index in [0.29, 0.717) is 21.2 Å². The summed E-state index contributed by atoms with van der Waals surface area (Å²) >= 11 is 1.23. The zero-order chi connectivity index (χ0) is 16.6.